The van der Waals surface area contributed by atoms with Crippen molar-refractivity contribution < 1.29 is 13.0 Å². The zero-order chi connectivity index (χ0) is 12.5. The van der Waals surface area contributed by atoms with E-state index in [-0.39, 0.29) is 10.3 Å². The Morgan fingerprint density at radius 2 is 2.06 bits per heavy atom. The number of hydrogen-bond acceptors (Lipinski definition) is 2. The summed E-state index contributed by atoms with van der Waals surface area (Å²) in [4.78, 5) is -0.0340. The summed E-state index contributed by atoms with van der Waals surface area (Å²) in [5.41, 5.74) is 5.49. The van der Waals surface area contributed by atoms with E-state index in [1.54, 1.807) is 0 Å². The smallest absolute Gasteiger partial charge is 0.139 e. The molecule has 1 atom stereocenters. The summed E-state index contributed by atoms with van der Waals surface area (Å²) < 4.78 is 38.4. The van der Waals surface area contributed by atoms with Gasteiger partial charge in [0.05, 0.1) is 15.7 Å². The van der Waals surface area contributed by atoms with E-state index in [9.17, 15) is 13.0 Å². The summed E-state index contributed by atoms with van der Waals surface area (Å²) in [6, 6.07) is 3.07. The van der Waals surface area contributed by atoms with Gasteiger partial charge < -0.3 is 5.73 Å². The van der Waals surface area contributed by atoms with Gasteiger partial charge in [0.2, 0.25) is 0 Å². The van der Waals surface area contributed by atoms with E-state index in [1.807, 2.05) is 0 Å². The lowest BCUT2D eigenvalue weighted by atomic mass is 10.1. The topological polar surface area (TPSA) is 43.1 Å². The van der Waals surface area contributed by atoms with Gasteiger partial charge in [0.15, 0.2) is 0 Å². The van der Waals surface area contributed by atoms with Crippen molar-refractivity contribution in [3.05, 3.63) is 29.8 Å². The molecule has 2 rings (SSSR count). The van der Waals surface area contributed by atoms with Gasteiger partial charge >= 0.3 is 0 Å². The predicted molar refractivity (Wildman–Crippen MR) is 63.0 cm³/mol. The van der Waals surface area contributed by atoms with Crippen molar-refractivity contribution in [2.24, 2.45) is 11.1 Å². The molecule has 0 radical (unpaired) electrons. The molecule has 17 heavy (non-hydrogen) atoms. The maximum Gasteiger partial charge on any atom is 0.139 e. The van der Waals surface area contributed by atoms with Crippen molar-refractivity contribution in [2.75, 3.05) is 12.3 Å². The Morgan fingerprint density at radius 3 is 2.65 bits per heavy atom. The first-order valence-corrected chi connectivity index (χ1v) is 6.92. The fourth-order valence-corrected chi connectivity index (χ4v) is 3.63. The zero-order valence-corrected chi connectivity index (χ0v) is 10.2. The minimum absolute atomic E-state index is 0.00162. The lowest BCUT2D eigenvalue weighted by molar-refractivity contribution is 0.525. The number of benzene rings is 1. The Balaban J connectivity index is 2.12. The molecule has 0 spiro atoms. The molecule has 0 saturated heterocycles. The van der Waals surface area contributed by atoms with Crippen LogP contribution in [0.15, 0.2) is 23.1 Å². The third-order valence-electron chi connectivity index (χ3n) is 3.21. The second kappa shape index (κ2) is 4.82. The monoisotopic (exact) mass is 259 g/mol. The first-order valence-electron chi connectivity index (χ1n) is 5.60. The molecule has 94 valence electrons. The molecule has 2 nitrogen and oxygen atoms in total. The van der Waals surface area contributed by atoms with Crippen LogP contribution >= 0.6 is 0 Å². The van der Waals surface area contributed by atoms with E-state index < -0.39 is 22.4 Å². The summed E-state index contributed by atoms with van der Waals surface area (Å²) >= 11 is 0. The molecule has 1 saturated carbocycles. The molecule has 1 aliphatic rings. The molecule has 1 aromatic carbocycles. The zero-order valence-electron chi connectivity index (χ0n) is 9.42. The Bertz CT molecular complexity index is 446. The molecule has 0 amide bonds. The first-order chi connectivity index (χ1) is 8.06. The highest BCUT2D eigenvalue weighted by atomic mass is 32.2. The van der Waals surface area contributed by atoms with Gasteiger partial charge in [-0.25, -0.2) is 8.78 Å². The molecule has 1 aromatic rings. The summed E-state index contributed by atoms with van der Waals surface area (Å²) in [5, 5.41) is 0. The fraction of sp³-hybridized carbons (Fsp3) is 0.500. The summed E-state index contributed by atoms with van der Waals surface area (Å²) in [6.45, 7) is 0.544. The molecular formula is C12H15F2NOS. The van der Waals surface area contributed by atoms with Crippen molar-refractivity contribution >= 4 is 10.8 Å². The fourth-order valence-electron chi connectivity index (χ4n) is 1.96. The maximum absolute atomic E-state index is 13.4. The van der Waals surface area contributed by atoms with Gasteiger partial charge in [-0.2, -0.15) is 0 Å². The predicted octanol–water partition coefficient (Wildman–Crippen LogP) is 2.20. The SMILES string of the molecule is NCCC1(CS(=O)c2cc(F)ccc2F)CC1. The quantitative estimate of drug-likeness (QED) is 0.881. The number of rotatable bonds is 5. The molecule has 0 heterocycles. The molecule has 5 heteroatoms. The van der Waals surface area contributed by atoms with E-state index in [4.69, 9.17) is 5.73 Å². The van der Waals surface area contributed by atoms with E-state index in [1.165, 1.54) is 0 Å². The molecule has 0 bridgehead atoms. The van der Waals surface area contributed by atoms with Gasteiger partial charge in [0.25, 0.3) is 0 Å². The van der Waals surface area contributed by atoms with Crippen molar-refractivity contribution in [3.63, 3.8) is 0 Å². The second-order valence-corrected chi connectivity index (χ2v) is 6.02. The van der Waals surface area contributed by atoms with Crippen LogP contribution < -0.4 is 5.73 Å². The molecule has 1 fully saturated rings. The van der Waals surface area contributed by atoms with Gasteiger partial charge in [0, 0.05) is 5.75 Å². The molecule has 2 N–H and O–H groups in total. The van der Waals surface area contributed by atoms with Crippen LogP contribution in [0.25, 0.3) is 0 Å². The highest BCUT2D eigenvalue weighted by molar-refractivity contribution is 7.85. The van der Waals surface area contributed by atoms with Crippen LogP contribution in [0, 0.1) is 17.0 Å². The highest BCUT2D eigenvalue weighted by Crippen LogP contribution is 2.49. The van der Waals surface area contributed by atoms with Gasteiger partial charge in [-0.3, -0.25) is 4.21 Å². The van der Waals surface area contributed by atoms with Crippen LogP contribution in [0.5, 0.6) is 0 Å². The van der Waals surface area contributed by atoms with Crippen molar-refractivity contribution in [2.45, 2.75) is 24.2 Å². The summed E-state index contributed by atoms with van der Waals surface area (Å²) in [7, 11) is -1.48. The first kappa shape index (κ1) is 12.6. The molecule has 0 aliphatic heterocycles. The summed E-state index contributed by atoms with van der Waals surface area (Å²) in [5.74, 6) is -0.781. The lowest BCUT2D eigenvalue weighted by Crippen LogP contribution is -2.17. The van der Waals surface area contributed by atoms with Crippen LogP contribution in [-0.2, 0) is 10.8 Å². The average Bonchev–Trinajstić information content (AvgIpc) is 3.02. The van der Waals surface area contributed by atoms with Crippen LogP contribution in [0.4, 0.5) is 8.78 Å². The lowest BCUT2D eigenvalue weighted by Gasteiger charge is -2.13. The van der Waals surface area contributed by atoms with Crippen LogP contribution in [-0.4, -0.2) is 16.5 Å². The third kappa shape index (κ3) is 2.90. The van der Waals surface area contributed by atoms with Crippen molar-refractivity contribution in [3.8, 4) is 0 Å². The minimum atomic E-state index is -1.48. The van der Waals surface area contributed by atoms with Crippen molar-refractivity contribution in [1.29, 1.82) is 0 Å². The van der Waals surface area contributed by atoms with E-state index >= 15 is 0 Å². The Hall–Kier alpha value is -0.810. The highest BCUT2D eigenvalue weighted by Gasteiger charge is 2.43. The van der Waals surface area contributed by atoms with Crippen LogP contribution in [0.3, 0.4) is 0 Å². The van der Waals surface area contributed by atoms with E-state index in [2.05, 4.69) is 0 Å². The van der Waals surface area contributed by atoms with Crippen molar-refractivity contribution in [1.82, 2.24) is 0 Å². The number of hydrogen-bond donors (Lipinski definition) is 1. The minimum Gasteiger partial charge on any atom is -0.330 e. The Morgan fingerprint density at radius 1 is 1.35 bits per heavy atom. The van der Waals surface area contributed by atoms with Crippen LogP contribution in [0.2, 0.25) is 0 Å². The van der Waals surface area contributed by atoms with Crippen LogP contribution in [0.1, 0.15) is 19.3 Å². The Labute approximate surface area is 102 Å². The maximum atomic E-state index is 13.4. The van der Waals surface area contributed by atoms with Gasteiger partial charge in [0.1, 0.15) is 11.6 Å². The largest absolute Gasteiger partial charge is 0.330 e. The standard InChI is InChI=1S/C12H15F2NOS/c13-9-1-2-10(14)11(7-9)17(16)8-12(3-4-12)5-6-15/h1-2,7H,3-6,8,15H2. The number of nitrogens with two attached hydrogens (primary N) is 1. The molecule has 1 unspecified atom stereocenters. The van der Waals surface area contributed by atoms with Gasteiger partial charge in [-0.05, 0) is 49.4 Å². The Kier molecular flexibility index (Phi) is 3.58. The molecule has 0 aromatic heterocycles. The van der Waals surface area contributed by atoms with Gasteiger partial charge in [-0.15, -0.1) is 0 Å². The van der Waals surface area contributed by atoms with E-state index in [0.717, 1.165) is 37.5 Å². The molecular weight excluding hydrogens is 244 g/mol. The normalized spacial score (nSPS) is 19.0. The average molecular weight is 259 g/mol. The third-order valence-corrected chi connectivity index (χ3v) is 4.89. The molecule has 1 aliphatic carbocycles. The summed E-state index contributed by atoms with van der Waals surface area (Å²) in [6.07, 6.45) is 2.76. The van der Waals surface area contributed by atoms with E-state index in [0.29, 0.717) is 12.3 Å². The second-order valence-electron chi connectivity index (χ2n) is 4.60. The van der Waals surface area contributed by atoms with Gasteiger partial charge in [-0.1, -0.05) is 0 Å². The number of halogens is 2.